The summed E-state index contributed by atoms with van der Waals surface area (Å²) in [7, 11) is 0. The van der Waals surface area contributed by atoms with E-state index in [-0.39, 0.29) is 11.7 Å². The third-order valence-corrected chi connectivity index (χ3v) is 3.77. The highest BCUT2D eigenvalue weighted by Gasteiger charge is 2.38. The fraction of sp³-hybridized carbons (Fsp3) is 0.167. The molecule has 134 valence electrons. The van der Waals surface area contributed by atoms with E-state index in [4.69, 9.17) is 0 Å². The molecular formula is C18H14F3N3O2. The first-order valence-corrected chi connectivity index (χ1v) is 7.68. The van der Waals surface area contributed by atoms with Crippen molar-refractivity contribution >= 4 is 5.91 Å². The van der Waals surface area contributed by atoms with Crippen LogP contribution in [0.1, 0.15) is 27.4 Å². The van der Waals surface area contributed by atoms with Crippen LogP contribution in [0, 0.1) is 6.92 Å². The minimum atomic E-state index is -4.69. The van der Waals surface area contributed by atoms with Crippen LogP contribution in [0.15, 0.2) is 53.1 Å². The molecule has 0 atom stereocenters. The van der Waals surface area contributed by atoms with Gasteiger partial charge in [0.05, 0.1) is 0 Å². The average Bonchev–Trinajstić information content (AvgIpc) is 3.11. The molecule has 0 aliphatic heterocycles. The number of carbonyl (C=O) groups is 1. The van der Waals surface area contributed by atoms with Crippen LogP contribution >= 0.6 is 0 Å². The largest absolute Gasteiger partial charge is 0.471 e. The number of nitrogens with one attached hydrogen (secondary N) is 1. The first-order valence-electron chi connectivity index (χ1n) is 7.68. The minimum absolute atomic E-state index is 0.191. The summed E-state index contributed by atoms with van der Waals surface area (Å²) in [4.78, 5) is 15.5. The highest BCUT2D eigenvalue weighted by molar-refractivity contribution is 5.94. The van der Waals surface area contributed by atoms with E-state index in [1.54, 1.807) is 0 Å². The van der Waals surface area contributed by atoms with Crippen LogP contribution in [0.2, 0.25) is 0 Å². The lowest BCUT2D eigenvalue weighted by Crippen LogP contribution is -2.23. The van der Waals surface area contributed by atoms with E-state index < -0.39 is 12.1 Å². The normalized spacial score (nSPS) is 11.4. The summed E-state index contributed by atoms with van der Waals surface area (Å²) in [5.41, 5.74) is 2.77. The SMILES string of the molecule is Cc1ccccc1CNC(=O)c1ccc(-c2noc(C(F)(F)F)n2)cc1. The molecule has 0 aliphatic carbocycles. The third kappa shape index (κ3) is 3.90. The Labute approximate surface area is 146 Å². The second kappa shape index (κ2) is 6.99. The third-order valence-electron chi connectivity index (χ3n) is 3.77. The van der Waals surface area contributed by atoms with Crippen molar-refractivity contribution in [1.82, 2.24) is 15.5 Å². The maximum Gasteiger partial charge on any atom is 0.471 e. The lowest BCUT2D eigenvalue weighted by Gasteiger charge is -2.08. The first kappa shape index (κ1) is 17.7. The van der Waals surface area contributed by atoms with Crippen LogP contribution in [0.25, 0.3) is 11.4 Å². The number of amides is 1. The summed E-state index contributed by atoms with van der Waals surface area (Å²) in [5, 5.41) is 6.11. The Bertz CT molecular complexity index is 918. The molecule has 0 radical (unpaired) electrons. The Kier molecular flexibility index (Phi) is 4.75. The summed E-state index contributed by atoms with van der Waals surface area (Å²) in [6.07, 6.45) is -4.69. The zero-order valence-corrected chi connectivity index (χ0v) is 13.7. The van der Waals surface area contributed by atoms with Crippen molar-refractivity contribution in [2.45, 2.75) is 19.6 Å². The Balaban J connectivity index is 1.68. The molecule has 8 heteroatoms. The lowest BCUT2D eigenvalue weighted by atomic mass is 10.1. The van der Waals surface area contributed by atoms with E-state index in [2.05, 4.69) is 20.0 Å². The Morgan fingerprint density at radius 1 is 1.12 bits per heavy atom. The second-order valence-corrected chi connectivity index (χ2v) is 5.61. The van der Waals surface area contributed by atoms with Crippen molar-refractivity contribution < 1.29 is 22.5 Å². The monoisotopic (exact) mass is 361 g/mol. The fourth-order valence-corrected chi connectivity index (χ4v) is 2.31. The first-order chi connectivity index (χ1) is 12.3. The fourth-order valence-electron chi connectivity index (χ4n) is 2.31. The van der Waals surface area contributed by atoms with Crippen molar-refractivity contribution in [3.63, 3.8) is 0 Å². The Morgan fingerprint density at radius 2 is 1.81 bits per heavy atom. The van der Waals surface area contributed by atoms with Gasteiger partial charge in [-0.05, 0) is 30.2 Å². The van der Waals surface area contributed by atoms with Crippen LogP contribution in [0.3, 0.4) is 0 Å². The molecule has 3 rings (SSSR count). The van der Waals surface area contributed by atoms with Crippen LogP contribution < -0.4 is 5.32 Å². The van der Waals surface area contributed by atoms with Gasteiger partial charge in [0.2, 0.25) is 5.82 Å². The van der Waals surface area contributed by atoms with E-state index in [0.717, 1.165) is 11.1 Å². The number of aryl methyl sites for hydroxylation is 1. The van der Waals surface area contributed by atoms with Crippen molar-refractivity contribution in [3.8, 4) is 11.4 Å². The quantitative estimate of drug-likeness (QED) is 0.763. The average molecular weight is 361 g/mol. The lowest BCUT2D eigenvalue weighted by molar-refractivity contribution is -0.159. The van der Waals surface area contributed by atoms with Crippen molar-refractivity contribution in [2.75, 3.05) is 0 Å². The van der Waals surface area contributed by atoms with E-state index in [1.165, 1.54) is 24.3 Å². The number of hydrogen-bond donors (Lipinski definition) is 1. The van der Waals surface area contributed by atoms with E-state index in [0.29, 0.717) is 17.7 Å². The predicted octanol–water partition coefficient (Wildman–Crippen LogP) is 3.99. The van der Waals surface area contributed by atoms with E-state index in [1.807, 2.05) is 31.2 Å². The molecule has 0 aliphatic rings. The summed E-state index contributed by atoms with van der Waals surface area (Å²) < 4.78 is 41.7. The van der Waals surface area contributed by atoms with Gasteiger partial charge in [-0.1, -0.05) is 41.6 Å². The summed E-state index contributed by atoms with van der Waals surface area (Å²) in [6, 6.07) is 13.6. The molecule has 0 bridgehead atoms. The summed E-state index contributed by atoms with van der Waals surface area (Å²) >= 11 is 0. The molecule has 0 spiro atoms. The minimum Gasteiger partial charge on any atom is -0.348 e. The van der Waals surface area contributed by atoms with Gasteiger partial charge in [0.25, 0.3) is 5.91 Å². The Hall–Kier alpha value is -3.16. The number of rotatable bonds is 4. The second-order valence-electron chi connectivity index (χ2n) is 5.61. The van der Waals surface area contributed by atoms with Gasteiger partial charge in [-0.25, -0.2) is 0 Å². The molecule has 2 aromatic carbocycles. The highest BCUT2D eigenvalue weighted by atomic mass is 19.4. The van der Waals surface area contributed by atoms with Crippen LogP contribution in [-0.2, 0) is 12.7 Å². The number of aromatic nitrogens is 2. The van der Waals surface area contributed by atoms with E-state index in [9.17, 15) is 18.0 Å². The van der Waals surface area contributed by atoms with E-state index >= 15 is 0 Å². The van der Waals surface area contributed by atoms with Crippen LogP contribution in [-0.4, -0.2) is 16.0 Å². The highest BCUT2D eigenvalue weighted by Crippen LogP contribution is 2.29. The van der Waals surface area contributed by atoms with Gasteiger partial charge in [-0.3, -0.25) is 4.79 Å². The predicted molar refractivity (Wildman–Crippen MR) is 87.1 cm³/mol. The van der Waals surface area contributed by atoms with Crippen molar-refractivity contribution in [1.29, 1.82) is 0 Å². The van der Waals surface area contributed by atoms with Crippen molar-refractivity contribution in [3.05, 3.63) is 71.1 Å². The topological polar surface area (TPSA) is 68.0 Å². The maximum atomic E-state index is 12.5. The smallest absolute Gasteiger partial charge is 0.348 e. The van der Waals surface area contributed by atoms with Gasteiger partial charge in [0.15, 0.2) is 0 Å². The molecule has 5 nitrogen and oxygen atoms in total. The molecule has 1 N–H and O–H groups in total. The van der Waals surface area contributed by atoms with Gasteiger partial charge in [-0.2, -0.15) is 18.2 Å². The zero-order valence-electron chi connectivity index (χ0n) is 13.7. The molecule has 1 aromatic heterocycles. The molecule has 3 aromatic rings. The molecular weight excluding hydrogens is 347 g/mol. The number of alkyl halides is 3. The standard InChI is InChI=1S/C18H14F3N3O2/c1-11-4-2-3-5-14(11)10-22-16(25)13-8-6-12(7-9-13)15-23-17(26-24-15)18(19,20)21/h2-9H,10H2,1H3,(H,22,25). The van der Waals surface area contributed by atoms with Gasteiger partial charge in [0.1, 0.15) is 0 Å². The van der Waals surface area contributed by atoms with Crippen LogP contribution in [0.4, 0.5) is 13.2 Å². The molecule has 1 heterocycles. The molecule has 26 heavy (non-hydrogen) atoms. The Morgan fingerprint density at radius 3 is 2.42 bits per heavy atom. The number of carbonyl (C=O) groups excluding carboxylic acids is 1. The molecule has 0 fully saturated rings. The summed E-state index contributed by atoms with van der Waals surface area (Å²) in [5.74, 6) is -1.89. The molecule has 0 saturated heterocycles. The van der Waals surface area contributed by atoms with Gasteiger partial charge in [-0.15, -0.1) is 0 Å². The van der Waals surface area contributed by atoms with Gasteiger partial charge in [0, 0.05) is 17.7 Å². The molecule has 0 unspecified atom stereocenters. The van der Waals surface area contributed by atoms with Gasteiger partial charge < -0.3 is 9.84 Å². The number of halogens is 3. The summed E-state index contributed by atoms with van der Waals surface area (Å²) in [6.45, 7) is 2.34. The number of hydrogen-bond acceptors (Lipinski definition) is 4. The number of nitrogens with zero attached hydrogens (tertiary/aromatic N) is 2. The zero-order chi connectivity index (χ0) is 18.7. The molecule has 1 amide bonds. The number of benzene rings is 2. The van der Waals surface area contributed by atoms with Gasteiger partial charge >= 0.3 is 12.1 Å². The van der Waals surface area contributed by atoms with Crippen LogP contribution in [0.5, 0.6) is 0 Å². The van der Waals surface area contributed by atoms with Crippen molar-refractivity contribution in [2.24, 2.45) is 0 Å². The maximum absolute atomic E-state index is 12.5. The molecule has 0 saturated carbocycles.